The summed E-state index contributed by atoms with van der Waals surface area (Å²) in [6.45, 7) is 14.5. The van der Waals surface area contributed by atoms with Gasteiger partial charge >= 0.3 is 5.97 Å². The maximum Gasteiger partial charge on any atom is 0.326 e. The lowest BCUT2D eigenvalue weighted by Gasteiger charge is -2.34. The van der Waals surface area contributed by atoms with E-state index in [1.807, 2.05) is 65.0 Å². The lowest BCUT2D eigenvalue weighted by molar-refractivity contribution is -0.149. The fourth-order valence-corrected chi connectivity index (χ4v) is 3.74. The maximum absolute atomic E-state index is 12.6. The Bertz CT molecular complexity index is 1200. The van der Waals surface area contributed by atoms with E-state index in [0.717, 1.165) is 22.6 Å². The van der Waals surface area contributed by atoms with Gasteiger partial charge in [-0.05, 0) is 69.9 Å². The zero-order valence-electron chi connectivity index (χ0n) is 24.2. The number of oxazole rings is 1. The van der Waals surface area contributed by atoms with Crippen LogP contribution in [-0.2, 0) is 29.0 Å². The molecule has 0 spiro atoms. The van der Waals surface area contributed by atoms with Gasteiger partial charge in [-0.3, -0.25) is 4.79 Å². The Labute approximate surface area is 232 Å². The van der Waals surface area contributed by atoms with Gasteiger partial charge in [0.1, 0.15) is 17.6 Å². The van der Waals surface area contributed by atoms with E-state index in [2.05, 4.69) is 18.8 Å². The molecule has 0 fully saturated rings. The number of aliphatic carboxylic acids is 1. The van der Waals surface area contributed by atoms with Gasteiger partial charge in [0.05, 0.1) is 12.3 Å². The molecule has 1 atom stereocenters. The quantitative estimate of drug-likeness (QED) is 0.321. The summed E-state index contributed by atoms with van der Waals surface area (Å²) in [5, 5.41) is 9.64. The third-order valence-corrected chi connectivity index (χ3v) is 5.56. The van der Waals surface area contributed by atoms with Crippen molar-refractivity contribution in [1.29, 1.82) is 0 Å². The molecule has 212 valence electrons. The number of aromatic nitrogens is 1. The summed E-state index contributed by atoms with van der Waals surface area (Å²) in [7, 11) is 0. The molecule has 0 bridgehead atoms. The van der Waals surface area contributed by atoms with Crippen molar-refractivity contribution in [2.45, 2.75) is 79.4 Å². The number of rotatable bonds is 9. The Kier molecular flexibility index (Phi) is 11.7. The molecule has 0 unspecified atom stereocenters. The summed E-state index contributed by atoms with van der Waals surface area (Å²) >= 11 is 0. The topological polar surface area (TPSA) is 119 Å². The molecule has 1 aliphatic rings. The van der Waals surface area contributed by atoms with E-state index in [0.29, 0.717) is 30.6 Å². The number of amides is 1. The lowest BCUT2D eigenvalue weighted by atomic mass is 9.93. The molecule has 1 aromatic carbocycles. The number of hydrogen-bond acceptors (Lipinski definition) is 6. The van der Waals surface area contributed by atoms with Gasteiger partial charge in [-0.15, -0.1) is 0 Å². The van der Waals surface area contributed by atoms with E-state index in [4.69, 9.17) is 14.9 Å². The van der Waals surface area contributed by atoms with Gasteiger partial charge in [0, 0.05) is 31.0 Å². The molecule has 2 heterocycles. The normalized spacial score (nSPS) is 15.6. The summed E-state index contributed by atoms with van der Waals surface area (Å²) in [5.74, 6) is 1.12. The molecule has 8 heteroatoms. The monoisotopic (exact) mass is 537 g/mol. The van der Waals surface area contributed by atoms with Crippen molar-refractivity contribution < 1.29 is 23.8 Å². The lowest BCUT2D eigenvalue weighted by Crippen LogP contribution is -2.48. The highest BCUT2D eigenvalue weighted by molar-refractivity contribution is 5.92. The Morgan fingerprint density at radius 2 is 1.95 bits per heavy atom. The van der Waals surface area contributed by atoms with E-state index >= 15 is 0 Å². The van der Waals surface area contributed by atoms with Crippen LogP contribution >= 0.6 is 0 Å². The molecule has 0 saturated carbocycles. The van der Waals surface area contributed by atoms with Gasteiger partial charge in [-0.2, -0.15) is 0 Å². The highest BCUT2D eigenvalue weighted by Gasteiger charge is 2.33. The molecule has 1 amide bonds. The first kappa shape index (κ1) is 31.6. The summed E-state index contributed by atoms with van der Waals surface area (Å²) < 4.78 is 11.6. The highest BCUT2D eigenvalue weighted by atomic mass is 16.5. The second kappa shape index (κ2) is 14.5. The van der Waals surface area contributed by atoms with Crippen LogP contribution in [0.3, 0.4) is 0 Å². The number of carbonyl (C=O) groups excluding carboxylic acids is 1. The fourth-order valence-electron chi connectivity index (χ4n) is 3.74. The zero-order valence-corrected chi connectivity index (χ0v) is 24.2. The average molecular weight is 538 g/mol. The molecule has 39 heavy (non-hydrogen) atoms. The van der Waals surface area contributed by atoms with Gasteiger partial charge in [-0.1, -0.05) is 44.2 Å². The van der Waals surface area contributed by atoms with Crippen molar-refractivity contribution >= 4 is 18.0 Å². The van der Waals surface area contributed by atoms with E-state index < -0.39 is 12.0 Å². The van der Waals surface area contributed by atoms with Gasteiger partial charge in [0.15, 0.2) is 0 Å². The summed E-state index contributed by atoms with van der Waals surface area (Å²) in [6, 6.07) is 4.72. The summed E-state index contributed by atoms with van der Waals surface area (Å²) in [4.78, 5) is 30.3. The molecule has 1 aromatic heterocycles. The second-order valence-electron chi connectivity index (χ2n) is 11.0. The number of ether oxygens (including phenoxy) is 1. The molecule has 0 aliphatic carbocycles. The molecule has 3 N–H and O–H groups in total. The van der Waals surface area contributed by atoms with Crippen molar-refractivity contribution in [3.63, 3.8) is 0 Å². The van der Waals surface area contributed by atoms with Crippen LogP contribution in [0.2, 0.25) is 0 Å². The zero-order chi connectivity index (χ0) is 29.2. The Morgan fingerprint density at radius 1 is 1.26 bits per heavy atom. The largest absolute Gasteiger partial charge is 0.493 e. The highest BCUT2D eigenvalue weighted by Crippen LogP contribution is 2.28. The number of hydrogen-bond donors (Lipinski definition) is 2. The number of nitrogens with zero attached hydrogens (tertiary/aromatic N) is 2. The maximum atomic E-state index is 12.6. The Morgan fingerprint density at radius 3 is 2.56 bits per heavy atom. The van der Waals surface area contributed by atoms with Crippen LogP contribution in [0.15, 0.2) is 53.0 Å². The van der Waals surface area contributed by atoms with Crippen molar-refractivity contribution in [1.82, 2.24) is 9.88 Å². The predicted octanol–water partition coefficient (Wildman–Crippen LogP) is 5.49. The first-order valence-corrected chi connectivity index (χ1v) is 13.3. The minimum atomic E-state index is -1.01. The van der Waals surface area contributed by atoms with E-state index in [9.17, 15) is 14.7 Å². The van der Waals surface area contributed by atoms with Crippen LogP contribution in [0.1, 0.15) is 70.0 Å². The number of nitrogens with two attached hydrogens (primary N) is 1. The minimum Gasteiger partial charge on any atom is -0.493 e. The van der Waals surface area contributed by atoms with Crippen LogP contribution in [0.4, 0.5) is 0 Å². The van der Waals surface area contributed by atoms with E-state index in [1.54, 1.807) is 18.2 Å². The van der Waals surface area contributed by atoms with Gasteiger partial charge in [0.2, 0.25) is 11.8 Å². The van der Waals surface area contributed by atoms with Crippen molar-refractivity contribution in [2.75, 3.05) is 6.61 Å². The Hall–Kier alpha value is -3.65. The molecule has 8 nitrogen and oxygen atoms in total. The first-order valence-electron chi connectivity index (χ1n) is 13.3. The number of carboxylic acids is 1. The minimum absolute atomic E-state index is 0. The van der Waals surface area contributed by atoms with Crippen molar-refractivity contribution in [2.24, 2.45) is 11.7 Å². The standard InChI is InChI=1S/C27H32N2O5.C4H11N/c1-5-6-7-8-26(30)29-17-21-15-22(11-10-20(21)16-24(29)27(31)32)33-14-13-23-19(4)34-25(28-23)12-9-18(2)3;1-4(2,3)5/h5-12,15,18,24H,13-14,16-17H2,1-4H3,(H,31,32);5H2,1-3H3/b6-5+,8-7+,12-9+;/t24-;/m0./s1. The van der Waals surface area contributed by atoms with E-state index in [1.165, 1.54) is 11.0 Å². The molecule has 1 aliphatic heterocycles. The van der Waals surface area contributed by atoms with Gasteiger partial charge in [0.25, 0.3) is 0 Å². The van der Waals surface area contributed by atoms with Crippen LogP contribution in [0.25, 0.3) is 6.08 Å². The summed E-state index contributed by atoms with van der Waals surface area (Å²) in [6.07, 6.45) is 11.3. The number of fused-ring (bicyclic) bond motifs is 1. The SMILES string of the molecule is C/C=C/C=C/C(=O)N1Cc2cc(OCCc3nc(/C=C/C(C)C)oc3C)ccc2C[C@H]1C(=O)O.CC(C)(C)N. The number of carboxylic acid groups (broad SMARTS) is 1. The third-order valence-electron chi connectivity index (χ3n) is 5.56. The third kappa shape index (κ3) is 10.9. The van der Waals surface area contributed by atoms with Crippen LogP contribution in [0, 0.1) is 12.8 Å². The molecule has 2 aromatic rings. The smallest absolute Gasteiger partial charge is 0.326 e. The van der Waals surface area contributed by atoms with Crippen LogP contribution < -0.4 is 10.5 Å². The summed E-state index contributed by atoms with van der Waals surface area (Å²) in [5.41, 5.74) is 8.01. The van der Waals surface area contributed by atoms with Gasteiger partial charge < -0.3 is 24.9 Å². The van der Waals surface area contributed by atoms with Crippen molar-refractivity contribution in [3.05, 3.63) is 77.1 Å². The predicted molar refractivity (Wildman–Crippen MR) is 154 cm³/mol. The van der Waals surface area contributed by atoms with Gasteiger partial charge in [-0.25, -0.2) is 9.78 Å². The Balaban J connectivity index is 0.000000976. The molecule has 0 saturated heterocycles. The molecular formula is C31H43N3O5. The second-order valence-corrected chi connectivity index (χ2v) is 11.0. The number of carbonyl (C=O) groups is 2. The first-order chi connectivity index (χ1) is 18.3. The number of allylic oxidation sites excluding steroid dienone is 4. The number of benzene rings is 1. The molecule has 0 radical (unpaired) electrons. The average Bonchev–Trinajstić information content (AvgIpc) is 3.20. The van der Waals surface area contributed by atoms with Crippen molar-refractivity contribution in [3.8, 4) is 5.75 Å². The van der Waals surface area contributed by atoms with Crippen LogP contribution in [0.5, 0.6) is 5.75 Å². The van der Waals surface area contributed by atoms with Crippen LogP contribution in [-0.4, -0.2) is 45.1 Å². The van der Waals surface area contributed by atoms with E-state index in [-0.39, 0.29) is 24.4 Å². The fraction of sp³-hybridized carbons (Fsp3) is 0.452. The molecule has 3 rings (SSSR count). The molecular weight excluding hydrogens is 494 g/mol. The number of aryl methyl sites for hydroxylation is 1.